The molecule has 0 spiro atoms. The summed E-state index contributed by atoms with van der Waals surface area (Å²) in [6, 6.07) is 1.72. The van der Waals surface area contributed by atoms with Gasteiger partial charge in [-0.3, -0.25) is 4.98 Å². The zero-order valence-electron chi connectivity index (χ0n) is 8.51. The molecule has 6 heteroatoms. The van der Waals surface area contributed by atoms with Crippen molar-refractivity contribution in [1.82, 2.24) is 15.0 Å². The van der Waals surface area contributed by atoms with E-state index in [1.54, 1.807) is 19.2 Å². The van der Waals surface area contributed by atoms with Crippen molar-refractivity contribution < 1.29 is 4.39 Å². The summed E-state index contributed by atoms with van der Waals surface area (Å²) in [5.41, 5.74) is 6.53. The number of nitrogen functional groups attached to an aromatic ring is 1. The molecule has 0 saturated heterocycles. The van der Waals surface area contributed by atoms with Crippen LogP contribution in [0.2, 0.25) is 0 Å². The third-order valence-electron chi connectivity index (χ3n) is 1.95. The summed E-state index contributed by atoms with van der Waals surface area (Å²) >= 11 is 1.16. The van der Waals surface area contributed by atoms with Crippen LogP contribution in [0.5, 0.6) is 0 Å². The number of hydrogen-bond acceptors (Lipinski definition) is 5. The molecule has 0 aromatic carbocycles. The van der Waals surface area contributed by atoms with Gasteiger partial charge in [0.2, 0.25) is 0 Å². The molecule has 0 amide bonds. The Bertz CT molecular complexity index is 518. The summed E-state index contributed by atoms with van der Waals surface area (Å²) in [6.45, 7) is 1.59. The van der Waals surface area contributed by atoms with Crippen molar-refractivity contribution in [1.29, 1.82) is 0 Å². The van der Waals surface area contributed by atoms with Crippen molar-refractivity contribution in [2.45, 2.75) is 16.8 Å². The second-order valence-corrected chi connectivity index (χ2v) is 4.12. The predicted octanol–water partition coefficient (Wildman–Crippen LogP) is 2.05. The number of aromatic nitrogens is 3. The minimum absolute atomic E-state index is 0.269. The summed E-state index contributed by atoms with van der Waals surface area (Å²) < 4.78 is 13.6. The molecule has 0 atom stereocenters. The van der Waals surface area contributed by atoms with Gasteiger partial charge in [-0.05, 0) is 13.0 Å². The van der Waals surface area contributed by atoms with Gasteiger partial charge in [-0.2, -0.15) is 0 Å². The Hall–Kier alpha value is -1.69. The quantitative estimate of drug-likeness (QED) is 0.808. The van der Waals surface area contributed by atoms with Crippen molar-refractivity contribution in [2.75, 3.05) is 5.73 Å². The average molecular weight is 236 g/mol. The zero-order chi connectivity index (χ0) is 11.5. The molecule has 0 saturated carbocycles. The normalized spacial score (nSPS) is 10.4. The van der Waals surface area contributed by atoms with Crippen molar-refractivity contribution in [3.63, 3.8) is 0 Å². The van der Waals surface area contributed by atoms with Crippen molar-refractivity contribution >= 4 is 17.4 Å². The molecule has 82 valence electrons. The fourth-order valence-corrected chi connectivity index (χ4v) is 1.94. The Morgan fingerprint density at radius 2 is 2.19 bits per heavy atom. The lowest BCUT2D eigenvalue weighted by Crippen LogP contribution is -1.95. The van der Waals surface area contributed by atoms with Crippen LogP contribution >= 0.6 is 11.8 Å². The molecule has 2 aromatic heterocycles. The van der Waals surface area contributed by atoms with Gasteiger partial charge in [0.25, 0.3) is 0 Å². The first kappa shape index (κ1) is 10.8. The van der Waals surface area contributed by atoms with Gasteiger partial charge >= 0.3 is 0 Å². The fraction of sp³-hybridized carbons (Fsp3) is 0.100. The smallest absolute Gasteiger partial charge is 0.176 e. The van der Waals surface area contributed by atoms with E-state index in [0.717, 1.165) is 16.7 Å². The number of aryl methyl sites for hydroxylation is 1. The SMILES string of the molecule is Cc1ncnc(Sc2ccncc2N)c1F. The molecule has 2 rings (SSSR count). The van der Waals surface area contributed by atoms with E-state index in [-0.39, 0.29) is 5.03 Å². The van der Waals surface area contributed by atoms with E-state index in [2.05, 4.69) is 15.0 Å². The summed E-state index contributed by atoms with van der Waals surface area (Å²) in [7, 11) is 0. The van der Waals surface area contributed by atoms with Crippen molar-refractivity contribution in [2.24, 2.45) is 0 Å². The number of nitrogens with zero attached hydrogens (tertiary/aromatic N) is 3. The lowest BCUT2D eigenvalue weighted by molar-refractivity contribution is 0.567. The van der Waals surface area contributed by atoms with Gasteiger partial charge in [0.15, 0.2) is 5.82 Å². The predicted molar refractivity (Wildman–Crippen MR) is 59.5 cm³/mol. The molecule has 2 aromatic rings. The van der Waals surface area contributed by atoms with Gasteiger partial charge in [0.1, 0.15) is 11.4 Å². The molecule has 0 aliphatic heterocycles. The first-order valence-electron chi connectivity index (χ1n) is 4.53. The zero-order valence-corrected chi connectivity index (χ0v) is 9.33. The Morgan fingerprint density at radius 3 is 2.94 bits per heavy atom. The molecular weight excluding hydrogens is 227 g/mol. The largest absolute Gasteiger partial charge is 0.397 e. The molecule has 4 nitrogen and oxygen atoms in total. The summed E-state index contributed by atoms with van der Waals surface area (Å²) in [6.07, 6.45) is 4.46. The third kappa shape index (κ3) is 2.11. The van der Waals surface area contributed by atoms with Crippen LogP contribution < -0.4 is 5.73 Å². The average Bonchev–Trinajstić information content (AvgIpc) is 2.28. The van der Waals surface area contributed by atoms with Gasteiger partial charge in [0.05, 0.1) is 17.6 Å². The minimum Gasteiger partial charge on any atom is -0.397 e. The van der Waals surface area contributed by atoms with Gasteiger partial charge in [-0.15, -0.1) is 0 Å². The van der Waals surface area contributed by atoms with E-state index in [9.17, 15) is 4.39 Å². The van der Waals surface area contributed by atoms with Crippen LogP contribution in [0.4, 0.5) is 10.1 Å². The molecule has 2 N–H and O–H groups in total. The highest BCUT2D eigenvalue weighted by Gasteiger charge is 2.10. The number of hydrogen-bond donors (Lipinski definition) is 1. The van der Waals surface area contributed by atoms with Gasteiger partial charge in [0, 0.05) is 11.1 Å². The molecule has 0 radical (unpaired) electrons. The first-order valence-corrected chi connectivity index (χ1v) is 5.34. The monoisotopic (exact) mass is 236 g/mol. The Labute approximate surface area is 96.1 Å². The van der Waals surface area contributed by atoms with E-state index >= 15 is 0 Å². The Balaban J connectivity index is 2.35. The Morgan fingerprint density at radius 1 is 1.38 bits per heavy atom. The number of anilines is 1. The summed E-state index contributed by atoms with van der Waals surface area (Å²) in [5, 5.41) is 0.269. The standard InChI is InChI=1S/C10H9FN4S/c1-6-9(11)10(15-5-14-6)16-8-2-3-13-4-7(8)12/h2-5H,12H2,1H3. The van der Waals surface area contributed by atoms with E-state index in [1.807, 2.05) is 0 Å². The highest BCUT2D eigenvalue weighted by atomic mass is 32.2. The Kier molecular flexibility index (Phi) is 3.00. The van der Waals surface area contributed by atoms with Gasteiger partial charge < -0.3 is 5.73 Å². The van der Waals surface area contributed by atoms with Crippen LogP contribution in [0.3, 0.4) is 0 Å². The van der Waals surface area contributed by atoms with E-state index < -0.39 is 5.82 Å². The van der Waals surface area contributed by atoms with Crippen LogP contribution in [-0.2, 0) is 0 Å². The molecule has 0 aliphatic carbocycles. The van der Waals surface area contributed by atoms with Crippen molar-refractivity contribution in [3.8, 4) is 0 Å². The highest BCUT2D eigenvalue weighted by molar-refractivity contribution is 7.99. The number of pyridine rings is 1. The van der Waals surface area contributed by atoms with E-state index in [0.29, 0.717) is 11.4 Å². The van der Waals surface area contributed by atoms with Gasteiger partial charge in [-0.25, -0.2) is 14.4 Å². The minimum atomic E-state index is -0.413. The van der Waals surface area contributed by atoms with Crippen LogP contribution in [0.15, 0.2) is 34.7 Å². The number of rotatable bonds is 2. The molecule has 2 heterocycles. The molecule has 16 heavy (non-hydrogen) atoms. The number of halogens is 1. The lowest BCUT2D eigenvalue weighted by atomic mass is 10.4. The number of nitrogens with two attached hydrogens (primary N) is 1. The maximum absolute atomic E-state index is 13.6. The summed E-state index contributed by atoms with van der Waals surface area (Å²) in [5.74, 6) is -0.413. The topological polar surface area (TPSA) is 64.7 Å². The third-order valence-corrected chi connectivity index (χ3v) is 3.02. The first-order chi connectivity index (χ1) is 7.68. The molecular formula is C10H9FN4S. The maximum Gasteiger partial charge on any atom is 0.176 e. The highest BCUT2D eigenvalue weighted by Crippen LogP contribution is 2.31. The van der Waals surface area contributed by atoms with Crippen LogP contribution in [0.1, 0.15) is 5.69 Å². The summed E-state index contributed by atoms with van der Waals surface area (Å²) in [4.78, 5) is 12.2. The van der Waals surface area contributed by atoms with Crippen LogP contribution in [-0.4, -0.2) is 15.0 Å². The second-order valence-electron chi connectivity index (χ2n) is 3.09. The van der Waals surface area contributed by atoms with Crippen molar-refractivity contribution in [3.05, 3.63) is 36.3 Å². The molecule has 0 fully saturated rings. The molecule has 0 aliphatic rings. The molecule has 0 bridgehead atoms. The van der Waals surface area contributed by atoms with Crippen LogP contribution in [0.25, 0.3) is 0 Å². The van der Waals surface area contributed by atoms with E-state index in [4.69, 9.17) is 5.73 Å². The molecule has 0 unspecified atom stereocenters. The maximum atomic E-state index is 13.6. The lowest BCUT2D eigenvalue weighted by Gasteiger charge is -2.05. The van der Waals surface area contributed by atoms with Gasteiger partial charge in [-0.1, -0.05) is 11.8 Å². The second kappa shape index (κ2) is 4.44. The fourth-order valence-electron chi connectivity index (χ4n) is 1.10. The van der Waals surface area contributed by atoms with E-state index in [1.165, 1.54) is 12.5 Å². The van der Waals surface area contributed by atoms with Crippen LogP contribution in [0, 0.1) is 12.7 Å².